The Kier molecular flexibility index (Phi) is 3.05. The summed E-state index contributed by atoms with van der Waals surface area (Å²) < 4.78 is 18.2. The topological polar surface area (TPSA) is 49.8 Å². The molecule has 2 rings (SSSR count). The molecule has 0 aromatic heterocycles. The standard InChI is InChI=1S/C11H12FNO3/c12-9-3-1-8(2-4-9)10-7-13(11(14)15)5-6-16-10/h1-4,10H,5-7H2,(H,14,15). The molecule has 1 unspecified atom stereocenters. The van der Waals surface area contributed by atoms with Crippen molar-refractivity contribution < 1.29 is 19.0 Å². The number of amides is 1. The van der Waals surface area contributed by atoms with Crippen LogP contribution in [0.3, 0.4) is 0 Å². The molecule has 0 aliphatic carbocycles. The number of halogens is 1. The molecule has 5 heteroatoms. The van der Waals surface area contributed by atoms with E-state index in [1.807, 2.05) is 0 Å². The average Bonchev–Trinajstić information content (AvgIpc) is 2.30. The number of hydrogen-bond donors (Lipinski definition) is 1. The molecule has 1 aliphatic heterocycles. The Balaban J connectivity index is 2.09. The van der Waals surface area contributed by atoms with Crippen molar-refractivity contribution >= 4 is 6.09 Å². The molecule has 4 nitrogen and oxygen atoms in total. The number of hydrogen-bond acceptors (Lipinski definition) is 2. The Hall–Kier alpha value is -1.62. The Morgan fingerprint density at radius 3 is 2.75 bits per heavy atom. The van der Waals surface area contributed by atoms with E-state index in [-0.39, 0.29) is 11.9 Å². The Morgan fingerprint density at radius 2 is 2.12 bits per heavy atom. The highest BCUT2D eigenvalue weighted by Gasteiger charge is 2.24. The zero-order valence-electron chi connectivity index (χ0n) is 8.60. The normalized spacial score (nSPS) is 20.8. The summed E-state index contributed by atoms with van der Waals surface area (Å²) in [4.78, 5) is 12.1. The van der Waals surface area contributed by atoms with Gasteiger partial charge in [-0.1, -0.05) is 12.1 Å². The zero-order valence-corrected chi connectivity index (χ0v) is 8.60. The smallest absolute Gasteiger partial charge is 0.407 e. The Labute approximate surface area is 92.2 Å². The molecule has 16 heavy (non-hydrogen) atoms. The van der Waals surface area contributed by atoms with Crippen LogP contribution in [0.15, 0.2) is 24.3 Å². The van der Waals surface area contributed by atoms with Crippen molar-refractivity contribution in [2.75, 3.05) is 19.7 Å². The summed E-state index contributed by atoms with van der Waals surface area (Å²) in [7, 11) is 0. The molecular formula is C11H12FNO3. The molecule has 1 aliphatic rings. The lowest BCUT2D eigenvalue weighted by Crippen LogP contribution is -2.41. The van der Waals surface area contributed by atoms with Gasteiger partial charge in [0.2, 0.25) is 0 Å². The van der Waals surface area contributed by atoms with Gasteiger partial charge in [0.25, 0.3) is 0 Å². The van der Waals surface area contributed by atoms with Gasteiger partial charge in [0, 0.05) is 6.54 Å². The average molecular weight is 225 g/mol. The number of carboxylic acid groups (broad SMARTS) is 1. The minimum atomic E-state index is -0.949. The Morgan fingerprint density at radius 1 is 1.44 bits per heavy atom. The molecule has 0 bridgehead atoms. The molecule has 0 spiro atoms. The second kappa shape index (κ2) is 4.49. The van der Waals surface area contributed by atoms with E-state index >= 15 is 0 Å². The summed E-state index contributed by atoms with van der Waals surface area (Å²) in [5, 5.41) is 8.86. The van der Waals surface area contributed by atoms with E-state index in [9.17, 15) is 9.18 Å². The van der Waals surface area contributed by atoms with Gasteiger partial charge < -0.3 is 14.7 Å². The first kappa shape index (κ1) is 10.9. The lowest BCUT2D eigenvalue weighted by atomic mass is 10.1. The van der Waals surface area contributed by atoms with E-state index in [4.69, 9.17) is 9.84 Å². The van der Waals surface area contributed by atoms with Gasteiger partial charge in [-0.3, -0.25) is 0 Å². The molecule has 1 heterocycles. The molecule has 0 radical (unpaired) electrons. The Bertz CT molecular complexity index is 379. The number of nitrogens with zero attached hydrogens (tertiary/aromatic N) is 1. The van der Waals surface area contributed by atoms with Crippen LogP contribution in [0.4, 0.5) is 9.18 Å². The lowest BCUT2D eigenvalue weighted by molar-refractivity contribution is -0.0232. The summed E-state index contributed by atoms with van der Waals surface area (Å²) in [5.41, 5.74) is 0.798. The van der Waals surface area contributed by atoms with Gasteiger partial charge in [0.15, 0.2) is 0 Å². The molecule has 1 N–H and O–H groups in total. The summed E-state index contributed by atoms with van der Waals surface area (Å²) in [6, 6.07) is 5.92. The second-order valence-corrected chi connectivity index (χ2v) is 3.64. The molecule has 1 fully saturated rings. The SMILES string of the molecule is O=C(O)N1CCOC(c2ccc(F)cc2)C1. The highest BCUT2D eigenvalue weighted by Crippen LogP contribution is 2.22. The molecule has 1 aromatic rings. The van der Waals surface area contributed by atoms with Gasteiger partial charge in [-0.05, 0) is 17.7 Å². The molecule has 0 saturated carbocycles. The van der Waals surface area contributed by atoms with E-state index in [2.05, 4.69) is 0 Å². The molecular weight excluding hydrogens is 213 g/mol. The van der Waals surface area contributed by atoms with Gasteiger partial charge in [-0.2, -0.15) is 0 Å². The number of carbonyl (C=O) groups is 1. The number of morpholine rings is 1. The van der Waals surface area contributed by atoms with Crippen LogP contribution in [0, 0.1) is 5.82 Å². The van der Waals surface area contributed by atoms with Gasteiger partial charge in [0.1, 0.15) is 11.9 Å². The van der Waals surface area contributed by atoms with Gasteiger partial charge in [-0.25, -0.2) is 9.18 Å². The molecule has 1 atom stereocenters. The van der Waals surface area contributed by atoms with Crippen molar-refractivity contribution in [2.45, 2.75) is 6.10 Å². The van der Waals surface area contributed by atoms with Crippen LogP contribution in [0.2, 0.25) is 0 Å². The van der Waals surface area contributed by atoms with Crippen LogP contribution >= 0.6 is 0 Å². The largest absolute Gasteiger partial charge is 0.465 e. The maximum absolute atomic E-state index is 12.7. The lowest BCUT2D eigenvalue weighted by Gasteiger charge is -2.31. The minimum absolute atomic E-state index is 0.293. The molecule has 1 aromatic carbocycles. The van der Waals surface area contributed by atoms with Crippen molar-refractivity contribution in [3.63, 3.8) is 0 Å². The predicted molar refractivity (Wildman–Crippen MR) is 54.7 cm³/mol. The summed E-state index contributed by atoms with van der Waals surface area (Å²) >= 11 is 0. The van der Waals surface area contributed by atoms with Gasteiger partial charge in [-0.15, -0.1) is 0 Å². The highest BCUT2D eigenvalue weighted by atomic mass is 19.1. The monoisotopic (exact) mass is 225 g/mol. The third-order valence-corrected chi connectivity index (χ3v) is 2.58. The van der Waals surface area contributed by atoms with Crippen LogP contribution in [0.1, 0.15) is 11.7 Å². The van der Waals surface area contributed by atoms with Crippen molar-refractivity contribution in [3.05, 3.63) is 35.6 Å². The first-order chi connectivity index (χ1) is 7.66. The van der Waals surface area contributed by atoms with Crippen LogP contribution in [-0.4, -0.2) is 35.8 Å². The van der Waals surface area contributed by atoms with Crippen LogP contribution < -0.4 is 0 Å². The summed E-state index contributed by atoms with van der Waals surface area (Å²) in [6.07, 6.45) is -1.25. The third-order valence-electron chi connectivity index (χ3n) is 2.58. The molecule has 1 saturated heterocycles. The van der Waals surface area contributed by atoms with Crippen LogP contribution in [0.25, 0.3) is 0 Å². The van der Waals surface area contributed by atoms with E-state index in [0.717, 1.165) is 5.56 Å². The van der Waals surface area contributed by atoms with E-state index in [0.29, 0.717) is 19.7 Å². The quantitative estimate of drug-likeness (QED) is 0.793. The second-order valence-electron chi connectivity index (χ2n) is 3.64. The van der Waals surface area contributed by atoms with Crippen molar-refractivity contribution in [3.8, 4) is 0 Å². The maximum atomic E-state index is 12.7. The molecule has 1 amide bonds. The fourth-order valence-electron chi connectivity index (χ4n) is 1.70. The van der Waals surface area contributed by atoms with E-state index in [1.165, 1.54) is 17.0 Å². The maximum Gasteiger partial charge on any atom is 0.407 e. The first-order valence-corrected chi connectivity index (χ1v) is 5.02. The van der Waals surface area contributed by atoms with Crippen molar-refractivity contribution in [2.24, 2.45) is 0 Å². The van der Waals surface area contributed by atoms with E-state index in [1.54, 1.807) is 12.1 Å². The fourth-order valence-corrected chi connectivity index (χ4v) is 1.70. The van der Waals surface area contributed by atoms with Gasteiger partial charge >= 0.3 is 6.09 Å². The van der Waals surface area contributed by atoms with Crippen molar-refractivity contribution in [1.82, 2.24) is 4.90 Å². The van der Waals surface area contributed by atoms with Crippen LogP contribution in [-0.2, 0) is 4.74 Å². The van der Waals surface area contributed by atoms with Crippen molar-refractivity contribution in [1.29, 1.82) is 0 Å². The fraction of sp³-hybridized carbons (Fsp3) is 0.364. The van der Waals surface area contributed by atoms with Gasteiger partial charge in [0.05, 0.1) is 13.2 Å². The van der Waals surface area contributed by atoms with Crippen LogP contribution in [0.5, 0.6) is 0 Å². The summed E-state index contributed by atoms with van der Waals surface area (Å²) in [6.45, 7) is 1.04. The number of ether oxygens (including phenoxy) is 1. The predicted octanol–water partition coefficient (Wildman–Crippen LogP) is 1.88. The van der Waals surface area contributed by atoms with E-state index < -0.39 is 6.09 Å². The number of rotatable bonds is 1. The first-order valence-electron chi connectivity index (χ1n) is 5.02. The number of benzene rings is 1. The molecule has 86 valence electrons. The minimum Gasteiger partial charge on any atom is -0.465 e. The summed E-state index contributed by atoms with van der Waals surface area (Å²) in [5.74, 6) is -0.311. The third kappa shape index (κ3) is 2.30. The highest BCUT2D eigenvalue weighted by molar-refractivity contribution is 5.65. The zero-order chi connectivity index (χ0) is 11.5.